The first-order valence-electron chi connectivity index (χ1n) is 8.07. The van der Waals surface area contributed by atoms with Crippen molar-refractivity contribution in [2.45, 2.75) is 31.1 Å². The van der Waals surface area contributed by atoms with Gasteiger partial charge in [0.2, 0.25) is 5.91 Å². The molecule has 2 heterocycles. The average molecular weight is 389 g/mol. The van der Waals surface area contributed by atoms with Gasteiger partial charge in [-0.15, -0.1) is 12.4 Å². The van der Waals surface area contributed by atoms with Crippen LogP contribution >= 0.6 is 12.4 Å². The van der Waals surface area contributed by atoms with Crippen LogP contribution in [0.2, 0.25) is 0 Å². The van der Waals surface area contributed by atoms with Gasteiger partial charge in [-0.25, -0.2) is 0 Å². The van der Waals surface area contributed by atoms with Gasteiger partial charge in [-0.2, -0.15) is 18.3 Å². The summed E-state index contributed by atoms with van der Waals surface area (Å²) in [6.07, 6.45) is 0.108. The highest BCUT2D eigenvalue weighted by Gasteiger charge is 2.41. The molecule has 0 radical (unpaired) electrons. The first kappa shape index (κ1) is 20.3. The lowest BCUT2D eigenvalue weighted by molar-refractivity contribution is -0.137. The highest BCUT2D eigenvalue weighted by molar-refractivity contribution is 5.85. The number of benzene rings is 1. The number of amides is 1. The smallest absolute Gasteiger partial charge is 0.350 e. The largest absolute Gasteiger partial charge is 0.416 e. The number of hydrogen-bond donors (Lipinski definition) is 2. The van der Waals surface area contributed by atoms with Gasteiger partial charge in [-0.1, -0.05) is 12.1 Å². The second-order valence-corrected chi connectivity index (χ2v) is 6.11. The summed E-state index contributed by atoms with van der Waals surface area (Å²) in [6.45, 7) is 1.40. The monoisotopic (exact) mass is 388 g/mol. The normalized spacial score (nSPS) is 16.6. The van der Waals surface area contributed by atoms with Crippen molar-refractivity contribution < 1.29 is 18.0 Å². The minimum absolute atomic E-state index is 0. The molecule has 142 valence electrons. The fraction of sp³-hybridized carbons (Fsp3) is 0.412. The SMILES string of the molecule is Cl.O=C(NCc1cccc(C(F)(F)F)c1)C1(n2cccn2)CCNCC1. The zero-order chi connectivity index (χ0) is 17.9. The van der Waals surface area contributed by atoms with Crippen molar-refractivity contribution in [3.05, 3.63) is 53.9 Å². The van der Waals surface area contributed by atoms with Crippen LogP contribution in [-0.4, -0.2) is 28.8 Å². The van der Waals surface area contributed by atoms with E-state index in [9.17, 15) is 18.0 Å². The summed E-state index contributed by atoms with van der Waals surface area (Å²) >= 11 is 0. The summed E-state index contributed by atoms with van der Waals surface area (Å²) in [4.78, 5) is 12.9. The molecule has 3 rings (SSSR count). The fourth-order valence-electron chi connectivity index (χ4n) is 3.13. The third-order valence-electron chi connectivity index (χ3n) is 4.50. The number of hydrogen-bond acceptors (Lipinski definition) is 3. The number of nitrogens with zero attached hydrogens (tertiary/aromatic N) is 2. The molecule has 1 amide bonds. The van der Waals surface area contributed by atoms with Gasteiger partial charge in [-0.05, 0) is 49.7 Å². The van der Waals surface area contributed by atoms with Gasteiger partial charge in [0.25, 0.3) is 0 Å². The maximum Gasteiger partial charge on any atom is 0.416 e. The fourth-order valence-corrected chi connectivity index (χ4v) is 3.13. The van der Waals surface area contributed by atoms with E-state index in [2.05, 4.69) is 15.7 Å². The van der Waals surface area contributed by atoms with Gasteiger partial charge in [-0.3, -0.25) is 9.48 Å². The molecule has 1 fully saturated rings. The summed E-state index contributed by atoms with van der Waals surface area (Å²) in [5, 5.41) is 10.2. The number of aromatic nitrogens is 2. The van der Waals surface area contributed by atoms with Gasteiger partial charge in [0, 0.05) is 18.9 Å². The zero-order valence-corrected chi connectivity index (χ0v) is 14.7. The van der Waals surface area contributed by atoms with E-state index >= 15 is 0 Å². The van der Waals surface area contributed by atoms with E-state index < -0.39 is 17.3 Å². The van der Waals surface area contributed by atoms with E-state index in [0.29, 0.717) is 31.5 Å². The Bertz CT molecular complexity index is 728. The minimum atomic E-state index is -4.40. The third-order valence-corrected chi connectivity index (χ3v) is 4.50. The first-order chi connectivity index (χ1) is 11.9. The van der Waals surface area contributed by atoms with E-state index in [0.717, 1.165) is 12.1 Å². The Hall–Kier alpha value is -2.06. The van der Waals surface area contributed by atoms with E-state index in [4.69, 9.17) is 0 Å². The lowest BCUT2D eigenvalue weighted by Crippen LogP contribution is -2.54. The molecular weight excluding hydrogens is 369 g/mol. The molecule has 5 nitrogen and oxygen atoms in total. The highest BCUT2D eigenvalue weighted by atomic mass is 35.5. The van der Waals surface area contributed by atoms with Crippen LogP contribution in [0.3, 0.4) is 0 Å². The Kier molecular flexibility index (Phi) is 6.30. The number of rotatable bonds is 4. The Morgan fingerprint density at radius 2 is 2.00 bits per heavy atom. The predicted octanol–water partition coefficient (Wildman–Crippen LogP) is 2.72. The van der Waals surface area contributed by atoms with Crippen LogP contribution in [0, 0.1) is 0 Å². The molecule has 1 aromatic heterocycles. The Morgan fingerprint density at radius 3 is 2.62 bits per heavy atom. The van der Waals surface area contributed by atoms with Crippen molar-refractivity contribution >= 4 is 18.3 Å². The van der Waals surface area contributed by atoms with E-state index in [1.165, 1.54) is 6.07 Å². The molecule has 1 aliphatic rings. The van der Waals surface area contributed by atoms with Gasteiger partial charge in [0.15, 0.2) is 0 Å². The number of piperidine rings is 1. The number of alkyl halides is 3. The van der Waals surface area contributed by atoms with E-state index in [1.807, 2.05) is 0 Å². The molecule has 1 aliphatic heterocycles. The summed E-state index contributed by atoms with van der Waals surface area (Å²) in [7, 11) is 0. The summed E-state index contributed by atoms with van der Waals surface area (Å²) in [5.41, 5.74) is -1.12. The summed E-state index contributed by atoms with van der Waals surface area (Å²) < 4.78 is 40.0. The van der Waals surface area contributed by atoms with Crippen LogP contribution in [0.25, 0.3) is 0 Å². The molecule has 0 saturated carbocycles. The zero-order valence-electron chi connectivity index (χ0n) is 13.9. The van der Waals surface area contributed by atoms with Crippen molar-refractivity contribution in [3.63, 3.8) is 0 Å². The Labute approximate surface area is 155 Å². The molecule has 0 bridgehead atoms. The summed E-state index contributed by atoms with van der Waals surface area (Å²) in [6, 6.07) is 6.74. The average Bonchev–Trinajstić information content (AvgIpc) is 3.15. The maximum atomic E-state index is 12.9. The number of carbonyl (C=O) groups is 1. The number of nitrogens with one attached hydrogen (secondary N) is 2. The molecule has 26 heavy (non-hydrogen) atoms. The lowest BCUT2D eigenvalue weighted by atomic mass is 9.87. The van der Waals surface area contributed by atoms with Gasteiger partial charge < -0.3 is 10.6 Å². The minimum Gasteiger partial charge on any atom is -0.350 e. The molecule has 0 atom stereocenters. The van der Waals surface area contributed by atoms with Gasteiger partial charge in [0.05, 0.1) is 5.56 Å². The highest BCUT2D eigenvalue weighted by Crippen LogP contribution is 2.30. The van der Waals surface area contributed by atoms with E-state index in [-0.39, 0.29) is 24.9 Å². The van der Waals surface area contributed by atoms with Crippen LogP contribution in [0.1, 0.15) is 24.0 Å². The van der Waals surface area contributed by atoms with Crippen LogP contribution in [0.4, 0.5) is 13.2 Å². The molecule has 9 heteroatoms. The topological polar surface area (TPSA) is 59.0 Å². The van der Waals surface area contributed by atoms with Crippen molar-refractivity contribution in [1.82, 2.24) is 20.4 Å². The van der Waals surface area contributed by atoms with Crippen LogP contribution in [-0.2, 0) is 23.1 Å². The lowest BCUT2D eigenvalue weighted by Gasteiger charge is -2.36. The third kappa shape index (κ3) is 4.19. The molecule has 1 aromatic carbocycles. The van der Waals surface area contributed by atoms with Crippen molar-refractivity contribution in [2.24, 2.45) is 0 Å². The first-order valence-corrected chi connectivity index (χ1v) is 8.07. The predicted molar refractivity (Wildman–Crippen MR) is 92.8 cm³/mol. The quantitative estimate of drug-likeness (QED) is 0.846. The Balaban J connectivity index is 0.00000243. The van der Waals surface area contributed by atoms with Crippen molar-refractivity contribution in [1.29, 1.82) is 0 Å². The van der Waals surface area contributed by atoms with Crippen LogP contribution in [0.15, 0.2) is 42.7 Å². The second kappa shape index (κ2) is 8.09. The number of halogens is 4. The molecule has 1 saturated heterocycles. The maximum absolute atomic E-state index is 12.9. The van der Waals surface area contributed by atoms with Crippen molar-refractivity contribution in [2.75, 3.05) is 13.1 Å². The molecule has 0 aliphatic carbocycles. The molecule has 0 unspecified atom stereocenters. The Morgan fingerprint density at radius 1 is 1.27 bits per heavy atom. The van der Waals surface area contributed by atoms with Gasteiger partial charge in [0.1, 0.15) is 5.54 Å². The summed E-state index contributed by atoms with van der Waals surface area (Å²) in [5.74, 6) is -0.227. The molecule has 2 N–H and O–H groups in total. The number of carbonyl (C=O) groups excluding carboxylic acids is 1. The van der Waals surface area contributed by atoms with Crippen LogP contribution < -0.4 is 10.6 Å². The molecule has 2 aromatic rings. The van der Waals surface area contributed by atoms with Crippen LogP contribution in [0.5, 0.6) is 0 Å². The van der Waals surface area contributed by atoms with E-state index in [1.54, 1.807) is 29.2 Å². The standard InChI is InChI=1S/C17H19F3N4O.ClH/c18-17(19,20)14-4-1-3-13(11-14)12-22-15(25)16(5-8-21-9-6-16)24-10-2-7-23-24;/h1-4,7,10-11,21H,5-6,8-9,12H2,(H,22,25);1H. The van der Waals surface area contributed by atoms with Gasteiger partial charge >= 0.3 is 6.18 Å². The van der Waals surface area contributed by atoms with Crippen molar-refractivity contribution in [3.8, 4) is 0 Å². The second-order valence-electron chi connectivity index (χ2n) is 6.11. The molecular formula is C17H20ClF3N4O. The molecule has 0 spiro atoms.